The number of carbonyl (C=O) groups is 2. The molecule has 0 spiro atoms. The molecule has 2 amide bonds. The van der Waals surface area contributed by atoms with Gasteiger partial charge in [-0.3, -0.25) is 9.59 Å². The summed E-state index contributed by atoms with van der Waals surface area (Å²) in [6.07, 6.45) is 1.33. The number of alkyl halides is 2. The van der Waals surface area contributed by atoms with Gasteiger partial charge in [-0.15, -0.1) is 0 Å². The second-order valence-corrected chi connectivity index (χ2v) is 7.53. The van der Waals surface area contributed by atoms with Crippen LogP contribution in [0.25, 0.3) is 6.08 Å². The van der Waals surface area contributed by atoms with Crippen LogP contribution in [0.4, 0.5) is 8.78 Å². The molecule has 0 saturated carbocycles. The highest BCUT2D eigenvalue weighted by molar-refractivity contribution is 6.21. The zero-order chi connectivity index (χ0) is 25.9. The topological polar surface area (TPSA) is 85.9 Å². The van der Waals surface area contributed by atoms with E-state index in [1.807, 2.05) is 60.7 Å². The molecule has 0 heterocycles. The molecule has 0 radical (unpaired) electrons. The van der Waals surface area contributed by atoms with Gasteiger partial charge in [-0.25, -0.2) is 0 Å². The first-order valence-electron chi connectivity index (χ1n) is 11.0. The monoisotopic (exact) mass is 496 g/mol. The highest BCUT2D eigenvalue weighted by Gasteiger charge is 2.21. The van der Waals surface area contributed by atoms with Gasteiger partial charge in [0.1, 0.15) is 5.57 Å². The summed E-state index contributed by atoms with van der Waals surface area (Å²) in [5.41, 5.74) is 1.83. The zero-order valence-electron chi connectivity index (χ0n) is 19.8. The molecule has 36 heavy (non-hydrogen) atoms. The Morgan fingerprint density at radius 2 is 1.25 bits per heavy atom. The molecule has 2 N–H and O–H groups in total. The van der Waals surface area contributed by atoms with Crippen molar-refractivity contribution in [2.24, 2.45) is 0 Å². The molecule has 0 unspecified atom stereocenters. The molecular weight excluding hydrogens is 470 g/mol. The summed E-state index contributed by atoms with van der Waals surface area (Å²) < 4.78 is 40.6. The summed E-state index contributed by atoms with van der Waals surface area (Å²) in [5.74, 6) is -1.62. The molecule has 0 aliphatic carbocycles. The summed E-state index contributed by atoms with van der Waals surface area (Å²) in [7, 11) is 2.56. The van der Waals surface area contributed by atoms with Crippen LogP contribution in [0.1, 0.15) is 16.7 Å². The van der Waals surface area contributed by atoms with Crippen molar-refractivity contribution in [2.75, 3.05) is 14.2 Å². The SMILES string of the molecule is COc1cc(C=C(C(=O)NCc2ccccc2)C(=O)NCc2ccccc2)cc(OC)c1OC(F)F. The molecule has 0 atom stereocenters. The maximum absolute atomic E-state index is 13.1. The predicted molar refractivity (Wildman–Crippen MR) is 131 cm³/mol. The van der Waals surface area contributed by atoms with Crippen LogP contribution in [-0.2, 0) is 22.7 Å². The Bertz CT molecular complexity index is 1120. The van der Waals surface area contributed by atoms with E-state index < -0.39 is 18.4 Å². The second-order valence-electron chi connectivity index (χ2n) is 7.53. The molecule has 0 aliphatic rings. The molecule has 0 bridgehead atoms. The number of halogens is 2. The maximum Gasteiger partial charge on any atom is 0.387 e. The Morgan fingerprint density at radius 1 is 0.806 bits per heavy atom. The Morgan fingerprint density at radius 3 is 1.64 bits per heavy atom. The van der Waals surface area contributed by atoms with Gasteiger partial charge in [0.2, 0.25) is 5.75 Å². The van der Waals surface area contributed by atoms with Gasteiger partial charge in [-0.2, -0.15) is 8.78 Å². The van der Waals surface area contributed by atoms with Gasteiger partial charge < -0.3 is 24.8 Å². The Hall–Kier alpha value is -4.40. The van der Waals surface area contributed by atoms with Crippen LogP contribution in [-0.4, -0.2) is 32.6 Å². The summed E-state index contributed by atoms with van der Waals surface area (Å²) in [5, 5.41) is 5.48. The average Bonchev–Trinajstić information content (AvgIpc) is 2.90. The van der Waals surface area contributed by atoms with Gasteiger partial charge in [0, 0.05) is 13.1 Å². The van der Waals surface area contributed by atoms with Gasteiger partial charge in [-0.05, 0) is 34.9 Å². The Kier molecular flexibility index (Phi) is 9.39. The number of nitrogens with one attached hydrogen (secondary N) is 2. The van der Waals surface area contributed by atoms with Crippen LogP contribution >= 0.6 is 0 Å². The Balaban J connectivity index is 1.92. The largest absolute Gasteiger partial charge is 0.493 e. The summed E-state index contributed by atoms with van der Waals surface area (Å²) >= 11 is 0. The third-order valence-corrected chi connectivity index (χ3v) is 5.08. The molecule has 7 nitrogen and oxygen atoms in total. The minimum absolute atomic E-state index is 0.0466. The van der Waals surface area contributed by atoms with Crippen molar-refractivity contribution in [3.05, 3.63) is 95.1 Å². The third kappa shape index (κ3) is 7.30. The smallest absolute Gasteiger partial charge is 0.387 e. The van der Waals surface area contributed by atoms with Crippen LogP contribution in [0.3, 0.4) is 0 Å². The molecule has 0 aliphatic heterocycles. The van der Waals surface area contributed by atoms with E-state index in [0.717, 1.165) is 11.1 Å². The number of methoxy groups -OCH3 is 2. The van der Waals surface area contributed by atoms with E-state index in [1.165, 1.54) is 32.4 Å². The predicted octanol–water partition coefficient (Wildman–Crippen LogP) is 4.32. The zero-order valence-corrected chi connectivity index (χ0v) is 19.8. The van der Waals surface area contributed by atoms with Crippen LogP contribution in [0.5, 0.6) is 17.2 Å². The van der Waals surface area contributed by atoms with E-state index in [4.69, 9.17) is 9.47 Å². The first-order valence-corrected chi connectivity index (χ1v) is 11.0. The van der Waals surface area contributed by atoms with E-state index in [9.17, 15) is 18.4 Å². The molecule has 3 rings (SSSR count). The minimum Gasteiger partial charge on any atom is -0.493 e. The number of amides is 2. The summed E-state index contributed by atoms with van der Waals surface area (Å²) in [4.78, 5) is 26.1. The average molecular weight is 497 g/mol. The van der Waals surface area contributed by atoms with Crippen molar-refractivity contribution in [3.63, 3.8) is 0 Å². The van der Waals surface area contributed by atoms with Gasteiger partial charge in [0.25, 0.3) is 11.8 Å². The number of ether oxygens (including phenoxy) is 3. The molecule has 0 aromatic heterocycles. The number of rotatable bonds is 11. The minimum atomic E-state index is -3.10. The summed E-state index contributed by atoms with van der Waals surface area (Å²) in [6, 6.07) is 21.2. The van der Waals surface area contributed by atoms with Crippen molar-refractivity contribution in [1.82, 2.24) is 10.6 Å². The van der Waals surface area contributed by atoms with E-state index in [-0.39, 0.29) is 35.9 Å². The number of carbonyl (C=O) groups excluding carboxylic acids is 2. The molecule has 0 saturated heterocycles. The second kappa shape index (κ2) is 12.9. The fraction of sp³-hybridized carbons (Fsp3) is 0.185. The van der Waals surface area contributed by atoms with Crippen LogP contribution in [0.2, 0.25) is 0 Å². The van der Waals surface area contributed by atoms with Crippen molar-refractivity contribution >= 4 is 17.9 Å². The number of hydrogen-bond acceptors (Lipinski definition) is 5. The van der Waals surface area contributed by atoms with Gasteiger partial charge in [0.15, 0.2) is 11.5 Å². The standard InChI is InChI=1S/C27H26F2N2O5/c1-34-22-14-20(15-23(35-2)24(22)36-27(28)29)13-21(25(32)30-16-18-9-5-3-6-10-18)26(33)31-17-19-11-7-4-8-12-19/h3-15,27H,16-17H2,1-2H3,(H,30,32)(H,31,33). The first-order chi connectivity index (χ1) is 17.4. The molecular formula is C27H26F2N2O5. The fourth-order valence-corrected chi connectivity index (χ4v) is 3.34. The molecule has 0 fully saturated rings. The van der Waals surface area contributed by atoms with E-state index >= 15 is 0 Å². The van der Waals surface area contributed by atoms with E-state index in [0.29, 0.717) is 5.56 Å². The number of hydrogen-bond donors (Lipinski definition) is 2. The van der Waals surface area contributed by atoms with Crippen molar-refractivity contribution in [1.29, 1.82) is 0 Å². The highest BCUT2D eigenvalue weighted by Crippen LogP contribution is 2.40. The lowest BCUT2D eigenvalue weighted by molar-refractivity contribution is -0.123. The normalized spacial score (nSPS) is 10.4. The van der Waals surface area contributed by atoms with E-state index in [1.54, 1.807) is 0 Å². The van der Waals surface area contributed by atoms with Crippen molar-refractivity contribution in [2.45, 2.75) is 19.7 Å². The van der Waals surface area contributed by atoms with Crippen LogP contribution in [0.15, 0.2) is 78.4 Å². The van der Waals surface area contributed by atoms with Crippen molar-refractivity contribution in [3.8, 4) is 17.2 Å². The van der Waals surface area contributed by atoms with Gasteiger partial charge in [-0.1, -0.05) is 60.7 Å². The molecule has 188 valence electrons. The quantitative estimate of drug-likeness (QED) is 0.235. The fourth-order valence-electron chi connectivity index (χ4n) is 3.34. The first kappa shape index (κ1) is 26.2. The lowest BCUT2D eigenvalue weighted by Crippen LogP contribution is -2.34. The lowest BCUT2D eigenvalue weighted by Gasteiger charge is -2.15. The van der Waals surface area contributed by atoms with Crippen LogP contribution in [0, 0.1) is 0 Å². The molecule has 9 heteroatoms. The van der Waals surface area contributed by atoms with Gasteiger partial charge in [0.05, 0.1) is 14.2 Å². The van der Waals surface area contributed by atoms with Crippen LogP contribution < -0.4 is 24.8 Å². The molecule has 3 aromatic carbocycles. The van der Waals surface area contributed by atoms with Crippen molar-refractivity contribution < 1.29 is 32.6 Å². The Labute approximate surface area is 207 Å². The maximum atomic E-state index is 13.1. The van der Waals surface area contributed by atoms with Gasteiger partial charge >= 0.3 is 6.61 Å². The lowest BCUT2D eigenvalue weighted by atomic mass is 10.1. The summed E-state index contributed by atoms with van der Waals surface area (Å²) in [6.45, 7) is -2.69. The molecule has 3 aromatic rings. The number of benzene rings is 3. The van der Waals surface area contributed by atoms with E-state index in [2.05, 4.69) is 15.4 Å². The third-order valence-electron chi connectivity index (χ3n) is 5.08. The highest BCUT2D eigenvalue weighted by atomic mass is 19.3.